The lowest BCUT2D eigenvalue weighted by atomic mass is 10.1. The predicted octanol–water partition coefficient (Wildman–Crippen LogP) is 19.0. The lowest BCUT2D eigenvalue weighted by Crippen LogP contribution is -2.30. The van der Waals surface area contributed by atoms with Gasteiger partial charge in [0, 0.05) is 19.3 Å². The maximum absolute atomic E-state index is 12.8. The van der Waals surface area contributed by atoms with Crippen LogP contribution in [0.25, 0.3) is 0 Å². The Labute approximate surface area is 430 Å². The number of rotatable bonds is 49. The van der Waals surface area contributed by atoms with Gasteiger partial charge in [0.05, 0.1) is 0 Å². The number of hydrogen-bond donors (Lipinski definition) is 0. The summed E-state index contributed by atoms with van der Waals surface area (Å²) >= 11 is 0. The van der Waals surface area contributed by atoms with E-state index in [9.17, 15) is 14.4 Å². The van der Waals surface area contributed by atoms with Gasteiger partial charge in [0.1, 0.15) is 13.2 Å². The van der Waals surface area contributed by atoms with Gasteiger partial charge in [-0.15, -0.1) is 0 Å². The third-order valence-electron chi connectivity index (χ3n) is 11.4. The summed E-state index contributed by atoms with van der Waals surface area (Å²) in [6, 6.07) is 0. The number of ether oxygens (including phenoxy) is 3. The van der Waals surface area contributed by atoms with Gasteiger partial charge in [-0.25, -0.2) is 0 Å². The zero-order valence-electron chi connectivity index (χ0n) is 45.0. The third-order valence-corrected chi connectivity index (χ3v) is 11.4. The average molecular weight is 968 g/mol. The molecule has 394 valence electrons. The Hall–Kier alpha value is -4.45. The Bertz CT molecular complexity index is 1530. The van der Waals surface area contributed by atoms with E-state index < -0.39 is 6.10 Å². The second-order valence-corrected chi connectivity index (χ2v) is 18.1. The number of allylic oxidation sites excluding steroid dienone is 22. The summed E-state index contributed by atoms with van der Waals surface area (Å²) in [6.07, 6.45) is 80.1. The Morgan fingerprint density at radius 2 is 0.614 bits per heavy atom. The van der Waals surface area contributed by atoms with Crippen molar-refractivity contribution in [2.45, 2.75) is 239 Å². The fraction of sp³-hybridized carbons (Fsp3) is 0.609. The molecule has 0 aliphatic heterocycles. The number of esters is 3. The number of hydrogen-bond acceptors (Lipinski definition) is 6. The summed E-state index contributed by atoms with van der Waals surface area (Å²) in [6.45, 7) is 6.38. The lowest BCUT2D eigenvalue weighted by Gasteiger charge is -2.18. The molecule has 0 amide bonds. The van der Waals surface area contributed by atoms with E-state index in [-0.39, 0.29) is 37.5 Å². The summed E-state index contributed by atoms with van der Waals surface area (Å²) in [4.78, 5) is 38.1. The molecule has 0 saturated heterocycles. The molecule has 1 unspecified atom stereocenters. The van der Waals surface area contributed by atoms with Gasteiger partial charge in [-0.05, 0) is 128 Å². The number of carbonyl (C=O) groups excluding carboxylic acids is 3. The van der Waals surface area contributed by atoms with E-state index in [0.29, 0.717) is 19.3 Å². The molecule has 0 heterocycles. The summed E-state index contributed by atoms with van der Waals surface area (Å²) in [5.74, 6) is -1.05. The molecule has 0 bridgehead atoms. The Kier molecular flexibility index (Phi) is 53.5. The summed E-state index contributed by atoms with van der Waals surface area (Å²) in [5, 5.41) is 0. The first-order chi connectivity index (χ1) is 34.5. The standard InChI is InChI=1S/C64H102O6/c1-4-7-10-13-16-19-22-25-28-31-32-34-36-39-42-45-48-51-54-57-63(66)69-60-61(59-68-62(65)56-53-50-47-44-41-38-35-30-27-24-21-18-15-12-9-6-3)70-64(67)58-55-52-49-46-43-40-37-33-29-26-23-20-17-14-11-8-5-2/h7,10,16-17,19-20,25-26,28-30,32,34-35,37-42,46,49,61H,4-6,8-9,11-15,18,21-24,27,31,33,36,43-45,47-48,50-60H2,1-3H3/b10-7-,19-16-,20-17-,28-25-,29-26-,34-32-,35-30-,40-37-,41-38-,42-39-,49-46-. The molecule has 0 aliphatic rings. The van der Waals surface area contributed by atoms with Gasteiger partial charge in [0.15, 0.2) is 6.10 Å². The lowest BCUT2D eigenvalue weighted by molar-refractivity contribution is -0.167. The highest BCUT2D eigenvalue weighted by molar-refractivity contribution is 5.71. The van der Waals surface area contributed by atoms with Crippen LogP contribution in [-0.2, 0) is 28.6 Å². The van der Waals surface area contributed by atoms with E-state index in [1.807, 2.05) is 0 Å². The molecule has 1 atom stereocenters. The van der Waals surface area contributed by atoms with E-state index in [1.54, 1.807) is 0 Å². The van der Waals surface area contributed by atoms with E-state index in [4.69, 9.17) is 14.2 Å². The Balaban J connectivity index is 4.60. The molecular formula is C64H102O6. The highest BCUT2D eigenvalue weighted by Gasteiger charge is 2.19. The van der Waals surface area contributed by atoms with Crippen LogP contribution in [0.15, 0.2) is 134 Å². The van der Waals surface area contributed by atoms with Crippen LogP contribution in [0.2, 0.25) is 0 Å². The van der Waals surface area contributed by atoms with Crippen molar-refractivity contribution in [3.8, 4) is 0 Å². The van der Waals surface area contributed by atoms with Gasteiger partial charge in [-0.3, -0.25) is 14.4 Å². The van der Waals surface area contributed by atoms with E-state index >= 15 is 0 Å². The number of unbranched alkanes of at least 4 members (excludes halogenated alkanes) is 17. The van der Waals surface area contributed by atoms with Crippen LogP contribution in [0, 0.1) is 0 Å². The summed E-state index contributed by atoms with van der Waals surface area (Å²) in [5.41, 5.74) is 0. The van der Waals surface area contributed by atoms with Gasteiger partial charge in [0.2, 0.25) is 0 Å². The molecule has 0 saturated carbocycles. The van der Waals surface area contributed by atoms with Crippen molar-refractivity contribution in [3.63, 3.8) is 0 Å². The molecule has 0 aromatic rings. The first-order valence-electron chi connectivity index (χ1n) is 28.2. The van der Waals surface area contributed by atoms with Crippen molar-refractivity contribution < 1.29 is 28.6 Å². The van der Waals surface area contributed by atoms with Crippen LogP contribution in [0.1, 0.15) is 233 Å². The average Bonchev–Trinajstić information content (AvgIpc) is 3.36. The first kappa shape index (κ1) is 65.5. The molecule has 6 heteroatoms. The van der Waals surface area contributed by atoms with Crippen molar-refractivity contribution in [2.24, 2.45) is 0 Å². The predicted molar refractivity (Wildman–Crippen MR) is 302 cm³/mol. The fourth-order valence-electron chi connectivity index (χ4n) is 7.16. The van der Waals surface area contributed by atoms with Crippen molar-refractivity contribution >= 4 is 17.9 Å². The van der Waals surface area contributed by atoms with Gasteiger partial charge in [-0.2, -0.15) is 0 Å². The van der Waals surface area contributed by atoms with Crippen LogP contribution in [0.5, 0.6) is 0 Å². The highest BCUT2D eigenvalue weighted by atomic mass is 16.6. The zero-order chi connectivity index (χ0) is 50.7. The second kappa shape index (κ2) is 57.1. The molecule has 0 fully saturated rings. The molecule has 0 aromatic heterocycles. The fourth-order valence-corrected chi connectivity index (χ4v) is 7.16. The van der Waals surface area contributed by atoms with Crippen molar-refractivity contribution in [1.82, 2.24) is 0 Å². The molecule has 0 N–H and O–H groups in total. The van der Waals surface area contributed by atoms with Crippen molar-refractivity contribution in [1.29, 1.82) is 0 Å². The van der Waals surface area contributed by atoms with E-state index in [1.165, 1.54) is 70.6 Å². The van der Waals surface area contributed by atoms with Crippen LogP contribution < -0.4 is 0 Å². The van der Waals surface area contributed by atoms with Crippen LogP contribution in [0.4, 0.5) is 0 Å². The molecule has 0 rings (SSSR count). The summed E-state index contributed by atoms with van der Waals surface area (Å²) in [7, 11) is 0. The molecule has 70 heavy (non-hydrogen) atoms. The monoisotopic (exact) mass is 967 g/mol. The third kappa shape index (κ3) is 54.5. The Morgan fingerprint density at radius 3 is 1.03 bits per heavy atom. The second-order valence-electron chi connectivity index (χ2n) is 18.1. The van der Waals surface area contributed by atoms with Gasteiger partial charge in [0.25, 0.3) is 0 Å². The molecule has 6 nitrogen and oxygen atoms in total. The largest absolute Gasteiger partial charge is 0.462 e. The minimum Gasteiger partial charge on any atom is -0.462 e. The smallest absolute Gasteiger partial charge is 0.306 e. The molecule has 0 aromatic carbocycles. The minimum absolute atomic E-state index is 0.129. The van der Waals surface area contributed by atoms with Gasteiger partial charge < -0.3 is 14.2 Å². The molecule has 0 aliphatic carbocycles. The topological polar surface area (TPSA) is 78.9 Å². The number of carbonyl (C=O) groups is 3. The van der Waals surface area contributed by atoms with Crippen molar-refractivity contribution in [3.05, 3.63) is 134 Å². The molecular weight excluding hydrogens is 865 g/mol. The van der Waals surface area contributed by atoms with E-state index in [2.05, 4.69) is 154 Å². The SMILES string of the molecule is CC/C=C\C/C=C\C/C=C\C/C=C\C/C=C\CCCCCC(=O)OCC(COC(=O)CCCCC/C=C\C=C/CCCCCCCCC)OC(=O)CCC/C=C\C/C=C\C/C=C\C/C=C\CCCCC. The van der Waals surface area contributed by atoms with E-state index in [0.717, 1.165) is 116 Å². The van der Waals surface area contributed by atoms with Gasteiger partial charge in [-0.1, -0.05) is 219 Å². The Morgan fingerprint density at radius 1 is 0.314 bits per heavy atom. The normalized spacial score (nSPS) is 13.1. The molecule has 0 radical (unpaired) electrons. The first-order valence-corrected chi connectivity index (χ1v) is 28.2. The van der Waals surface area contributed by atoms with Gasteiger partial charge >= 0.3 is 17.9 Å². The van der Waals surface area contributed by atoms with Crippen molar-refractivity contribution in [2.75, 3.05) is 13.2 Å². The van der Waals surface area contributed by atoms with Crippen LogP contribution in [-0.4, -0.2) is 37.2 Å². The molecule has 0 spiro atoms. The maximum atomic E-state index is 12.8. The zero-order valence-corrected chi connectivity index (χ0v) is 45.0. The highest BCUT2D eigenvalue weighted by Crippen LogP contribution is 2.12. The maximum Gasteiger partial charge on any atom is 0.306 e. The quantitative estimate of drug-likeness (QED) is 0.0199. The van der Waals surface area contributed by atoms with Crippen LogP contribution >= 0.6 is 0 Å². The van der Waals surface area contributed by atoms with Crippen LogP contribution in [0.3, 0.4) is 0 Å². The minimum atomic E-state index is -0.837. The summed E-state index contributed by atoms with van der Waals surface area (Å²) < 4.78 is 16.7.